The quantitative estimate of drug-likeness (QED) is 0.279. The van der Waals surface area contributed by atoms with Crippen LogP contribution in [-0.2, 0) is 14.4 Å². The number of hydrogen-bond acceptors (Lipinski definition) is 5. The van der Waals surface area contributed by atoms with Crippen molar-refractivity contribution >= 4 is 58.8 Å². The van der Waals surface area contributed by atoms with Gasteiger partial charge in [-0.1, -0.05) is 41.4 Å². The van der Waals surface area contributed by atoms with E-state index in [9.17, 15) is 19.2 Å². The fraction of sp³-hybridized carbons (Fsp3) is 0.0870. The lowest BCUT2D eigenvalue weighted by atomic mass is 10.0. The van der Waals surface area contributed by atoms with E-state index in [2.05, 4.69) is 4.99 Å². The second-order valence-electron chi connectivity index (χ2n) is 7.12. The van der Waals surface area contributed by atoms with Crippen molar-refractivity contribution in [2.75, 3.05) is 7.05 Å². The van der Waals surface area contributed by atoms with Crippen LogP contribution in [0.1, 0.15) is 22.8 Å². The number of ether oxygens (including phenoxy) is 1. The van der Waals surface area contributed by atoms with Crippen molar-refractivity contribution in [1.82, 2.24) is 9.80 Å². The van der Waals surface area contributed by atoms with Crippen LogP contribution in [0.4, 0.5) is 0 Å². The van der Waals surface area contributed by atoms with E-state index in [-0.39, 0.29) is 28.5 Å². The van der Waals surface area contributed by atoms with Gasteiger partial charge in [-0.3, -0.25) is 19.3 Å². The molecule has 0 aromatic heterocycles. The maximum Gasteiger partial charge on any atom is 0.349 e. The molecule has 0 aliphatic carbocycles. The molecule has 0 unspecified atom stereocenters. The van der Waals surface area contributed by atoms with Gasteiger partial charge in [-0.25, -0.2) is 4.79 Å². The summed E-state index contributed by atoms with van der Waals surface area (Å²) in [6.07, 6.45) is 2.52. The molecular weight excluding hydrogens is 469 g/mol. The SMILES string of the molecule is CC(=O)N=C1N(/C=C2\C(=O)Oc3ccccc3C2=O)C(=O)/C(=C/c2ccc(Cl)cc2Cl)N1C. The predicted molar refractivity (Wildman–Crippen MR) is 122 cm³/mol. The first kappa shape index (κ1) is 22.4. The van der Waals surface area contributed by atoms with Crippen LogP contribution in [0, 0.1) is 0 Å². The molecule has 166 valence electrons. The number of para-hydroxylation sites is 1. The topological polar surface area (TPSA) is 96.3 Å². The number of hydrogen-bond donors (Lipinski definition) is 0. The molecule has 33 heavy (non-hydrogen) atoms. The van der Waals surface area contributed by atoms with Crippen molar-refractivity contribution in [2.45, 2.75) is 6.92 Å². The van der Waals surface area contributed by atoms with E-state index in [1.807, 2.05) is 0 Å². The summed E-state index contributed by atoms with van der Waals surface area (Å²) in [5.41, 5.74) is 0.401. The second-order valence-corrected chi connectivity index (χ2v) is 7.96. The van der Waals surface area contributed by atoms with Gasteiger partial charge in [0.2, 0.25) is 17.6 Å². The minimum absolute atomic E-state index is 0.0872. The average Bonchev–Trinajstić information content (AvgIpc) is 2.96. The van der Waals surface area contributed by atoms with Crippen LogP contribution >= 0.6 is 23.2 Å². The molecule has 0 N–H and O–H groups in total. The fourth-order valence-corrected chi connectivity index (χ4v) is 3.78. The number of halogens is 2. The van der Waals surface area contributed by atoms with E-state index < -0.39 is 23.6 Å². The van der Waals surface area contributed by atoms with E-state index in [0.29, 0.717) is 15.6 Å². The monoisotopic (exact) mass is 483 g/mol. The van der Waals surface area contributed by atoms with Gasteiger partial charge in [-0.05, 0) is 35.9 Å². The zero-order valence-electron chi connectivity index (χ0n) is 17.3. The lowest BCUT2D eigenvalue weighted by molar-refractivity contribution is -0.130. The normalized spacial score (nSPS) is 19.5. The number of esters is 1. The minimum atomic E-state index is -0.922. The lowest BCUT2D eigenvalue weighted by Gasteiger charge is -2.19. The Balaban J connectivity index is 1.81. The van der Waals surface area contributed by atoms with Crippen LogP contribution < -0.4 is 4.74 Å². The molecule has 4 rings (SSSR count). The summed E-state index contributed by atoms with van der Waals surface area (Å²) in [5.74, 6) is -2.70. The number of ketones is 1. The van der Waals surface area contributed by atoms with Crippen LogP contribution in [0.25, 0.3) is 6.08 Å². The third-order valence-corrected chi connectivity index (χ3v) is 5.45. The molecular formula is C23H15Cl2N3O5. The smallest absolute Gasteiger partial charge is 0.349 e. The number of fused-ring (bicyclic) bond motifs is 1. The third kappa shape index (κ3) is 4.18. The molecule has 2 aromatic rings. The Kier molecular flexibility index (Phi) is 5.88. The van der Waals surface area contributed by atoms with E-state index in [1.54, 1.807) is 24.3 Å². The van der Waals surface area contributed by atoms with Gasteiger partial charge < -0.3 is 9.64 Å². The standard InChI is InChI=1S/C23H15Cl2N3O5/c1-12(29)26-23-27(2)18(9-13-7-8-14(24)10-17(13)25)21(31)28(23)11-16-20(30)15-5-3-4-6-19(15)33-22(16)32/h3-11H,1-2H3/b16-11-,18-9-,26-23?. The maximum absolute atomic E-state index is 13.3. The molecule has 2 aliphatic rings. The van der Waals surface area contributed by atoms with Gasteiger partial charge in [0.05, 0.1) is 5.56 Å². The van der Waals surface area contributed by atoms with Crippen molar-refractivity contribution in [3.8, 4) is 5.75 Å². The van der Waals surface area contributed by atoms with Gasteiger partial charge in [0, 0.05) is 30.2 Å². The number of carbonyl (C=O) groups excluding carboxylic acids is 4. The zero-order valence-corrected chi connectivity index (χ0v) is 18.8. The highest BCUT2D eigenvalue weighted by Gasteiger charge is 2.39. The van der Waals surface area contributed by atoms with E-state index in [0.717, 1.165) is 11.1 Å². The van der Waals surface area contributed by atoms with Gasteiger partial charge >= 0.3 is 5.97 Å². The second kappa shape index (κ2) is 8.65. The van der Waals surface area contributed by atoms with Crippen LogP contribution in [-0.4, -0.2) is 46.4 Å². The lowest BCUT2D eigenvalue weighted by Crippen LogP contribution is -2.33. The highest BCUT2D eigenvalue weighted by atomic mass is 35.5. The Labute approximate surface area is 198 Å². The van der Waals surface area contributed by atoms with Crippen molar-refractivity contribution in [3.63, 3.8) is 0 Å². The number of aliphatic imine (C=N–C) groups is 1. The van der Waals surface area contributed by atoms with Crippen LogP contribution in [0.15, 0.2) is 64.9 Å². The molecule has 0 atom stereocenters. The Morgan fingerprint density at radius 1 is 1.09 bits per heavy atom. The van der Waals surface area contributed by atoms with Gasteiger partial charge in [-0.2, -0.15) is 4.99 Å². The largest absolute Gasteiger partial charge is 0.422 e. The molecule has 0 spiro atoms. The molecule has 0 bridgehead atoms. The summed E-state index contributed by atoms with van der Waals surface area (Å²) < 4.78 is 5.22. The van der Waals surface area contributed by atoms with Crippen molar-refractivity contribution < 1.29 is 23.9 Å². The molecule has 8 nitrogen and oxygen atoms in total. The first-order valence-corrected chi connectivity index (χ1v) is 10.3. The fourth-order valence-electron chi connectivity index (χ4n) is 3.31. The first-order valence-electron chi connectivity index (χ1n) is 9.58. The summed E-state index contributed by atoms with van der Waals surface area (Å²) in [5, 5.41) is 0.730. The Bertz CT molecular complexity index is 1330. The predicted octanol–water partition coefficient (Wildman–Crippen LogP) is 3.70. The van der Waals surface area contributed by atoms with Crippen LogP contribution in [0.2, 0.25) is 10.0 Å². The molecule has 2 aromatic carbocycles. The first-order chi connectivity index (χ1) is 15.7. The van der Waals surface area contributed by atoms with E-state index >= 15 is 0 Å². The number of rotatable bonds is 2. The summed E-state index contributed by atoms with van der Waals surface area (Å²) in [7, 11) is 1.52. The molecule has 2 amide bonds. The molecule has 10 heteroatoms. The van der Waals surface area contributed by atoms with Crippen molar-refractivity contribution in [1.29, 1.82) is 0 Å². The molecule has 2 heterocycles. The van der Waals surface area contributed by atoms with Crippen LogP contribution in [0.3, 0.4) is 0 Å². The summed E-state index contributed by atoms with van der Waals surface area (Å²) in [4.78, 5) is 56.6. The molecule has 2 aliphatic heterocycles. The third-order valence-electron chi connectivity index (χ3n) is 4.88. The maximum atomic E-state index is 13.3. The van der Waals surface area contributed by atoms with Gasteiger partial charge in [0.1, 0.15) is 17.0 Å². The zero-order chi connectivity index (χ0) is 23.9. The number of benzene rings is 2. The minimum Gasteiger partial charge on any atom is -0.422 e. The number of likely N-dealkylation sites (N-methyl/N-ethyl adjacent to an activating group) is 1. The van der Waals surface area contributed by atoms with Gasteiger partial charge in [0.25, 0.3) is 5.91 Å². The van der Waals surface area contributed by atoms with Gasteiger partial charge in [0.15, 0.2) is 0 Å². The summed E-state index contributed by atoms with van der Waals surface area (Å²) in [6, 6.07) is 11.0. The number of amides is 2. The van der Waals surface area contributed by atoms with Crippen LogP contribution in [0.5, 0.6) is 5.75 Å². The van der Waals surface area contributed by atoms with Crippen molar-refractivity contribution in [3.05, 3.63) is 81.1 Å². The summed E-state index contributed by atoms with van der Waals surface area (Å²) >= 11 is 12.2. The Morgan fingerprint density at radius 3 is 2.52 bits per heavy atom. The van der Waals surface area contributed by atoms with Crippen molar-refractivity contribution in [2.24, 2.45) is 4.99 Å². The number of Topliss-reactive ketones (excluding diaryl/α,β-unsaturated/α-hetero) is 1. The average molecular weight is 484 g/mol. The van der Waals surface area contributed by atoms with Gasteiger partial charge in [-0.15, -0.1) is 0 Å². The molecule has 1 fully saturated rings. The molecule has 1 saturated heterocycles. The van der Waals surface area contributed by atoms with E-state index in [4.69, 9.17) is 27.9 Å². The Hall–Kier alpha value is -3.75. The summed E-state index contributed by atoms with van der Waals surface area (Å²) in [6.45, 7) is 1.21. The highest BCUT2D eigenvalue weighted by molar-refractivity contribution is 6.35. The molecule has 0 saturated carbocycles. The number of guanidine groups is 1. The van der Waals surface area contributed by atoms with E-state index in [1.165, 1.54) is 43.1 Å². The highest BCUT2D eigenvalue weighted by Crippen LogP contribution is 2.31. The molecule has 0 radical (unpaired) electrons. The Morgan fingerprint density at radius 2 is 1.82 bits per heavy atom. The number of carbonyl (C=O) groups is 4. The number of nitrogens with zero attached hydrogens (tertiary/aromatic N) is 3.